The van der Waals surface area contributed by atoms with Gasteiger partial charge in [-0.25, -0.2) is 0 Å². The number of aliphatic hydroxyl groups excluding tert-OH is 1. The molecule has 92 valence electrons. The van der Waals surface area contributed by atoms with E-state index in [1.807, 2.05) is 0 Å². The van der Waals surface area contributed by atoms with Crippen molar-refractivity contribution in [3.63, 3.8) is 0 Å². The maximum atomic E-state index is 9.43. The van der Waals surface area contributed by atoms with E-state index in [4.69, 9.17) is 10.5 Å². The van der Waals surface area contributed by atoms with Crippen LogP contribution in [0.3, 0.4) is 0 Å². The molecular formula is C11H21N3O2. The van der Waals surface area contributed by atoms with Crippen molar-refractivity contribution in [1.29, 1.82) is 0 Å². The predicted octanol–water partition coefficient (Wildman–Crippen LogP) is -0.134. The van der Waals surface area contributed by atoms with E-state index < -0.39 is 0 Å². The number of rotatable bonds is 5. The van der Waals surface area contributed by atoms with Gasteiger partial charge in [-0.15, -0.1) is 6.58 Å². The van der Waals surface area contributed by atoms with Gasteiger partial charge in [-0.3, -0.25) is 4.99 Å². The number of nitrogens with zero attached hydrogens (tertiary/aromatic N) is 1. The molecule has 0 spiro atoms. The highest BCUT2D eigenvalue weighted by Gasteiger charge is 2.31. The van der Waals surface area contributed by atoms with Crippen molar-refractivity contribution in [2.24, 2.45) is 16.1 Å². The molecule has 0 bridgehead atoms. The summed E-state index contributed by atoms with van der Waals surface area (Å²) < 4.78 is 5.28. The summed E-state index contributed by atoms with van der Waals surface area (Å²) in [6, 6.07) is 0. The molecule has 1 heterocycles. The Morgan fingerprint density at radius 1 is 1.56 bits per heavy atom. The van der Waals surface area contributed by atoms with Gasteiger partial charge < -0.3 is 20.9 Å². The number of guanidine groups is 1. The van der Waals surface area contributed by atoms with Crippen LogP contribution in [0, 0.1) is 5.41 Å². The first-order valence-corrected chi connectivity index (χ1v) is 5.56. The summed E-state index contributed by atoms with van der Waals surface area (Å²) in [6.45, 7) is 6.24. The molecule has 5 heteroatoms. The minimum Gasteiger partial charge on any atom is -0.396 e. The number of ether oxygens (including phenoxy) is 1. The summed E-state index contributed by atoms with van der Waals surface area (Å²) in [6.07, 6.45) is 3.39. The van der Waals surface area contributed by atoms with Gasteiger partial charge in [0.1, 0.15) is 0 Å². The van der Waals surface area contributed by atoms with E-state index in [1.165, 1.54) is 0 Å². The Bertz CT molecular complexity index is 248. The third-order valence-corrected chi connectivity index (χ3v) is 2.90. The third-order valence-electron chi connectivity index (χ3n) is 2.90. The Balaban J connectivity index is 2.45. The van der Waals surface area contributed by atoms with E-state index in [0.717, 1.165) is 12.8 Å². The molecule has 0 radical (unpaired) electrons. The molecule has 5 nitrogen and oxygen atoms in total. The second kappa shape index (κ2) is 6.50. The average molecular weight is 227 g/mol. The van der Waals surface area contributed by atoms with Crippen LogP contribution in [0.15, 0.2) is 17.6 Å². The van der Waals surface area contributed by atoms with Crippen molar-refractivity contribution < 1.29 is 9.84 Å². The molecule has 0 saturated carbocycles. The van der Waals surface area contributed by atoms with Gasteiger partial charge in [-0.05, 0) is 12.8 Å². The molecule has 1 aliphatic heterocycles. The molecule has 0 amide bonds. The molecule has 0 atom stereocenters. The van der Waals surface area contributed by atoms with Crippen molar-refractivity contribution in [2.45, 2.75) is 12.8 Å². The molecule has 1 aliphatic rings. The van der Waals surface area contributed by atoms with Crippen LogP contribution in [0.1, 0.15) is 12.8 Å². The van der Waals surface area contributed by atoms with Crippen molar-refractivity contribution in [3.8, 4) is 0 Å². The fourth-order valence-electron chi connectivity index (χ4n) is 1.66. The lowest BCUT2D eigenvalue weighted by molar-refractivity contribution is -0.0105. The Hall–Kier alpha value is -1.07. The second-order valence-corrected chi connectivity index (χ2v) is 4.14. The van der Waals surface area contributed by atoms with E-state index in [-0.39, 0.29) is 12.0 Å². The maximum Gasteiger partial charge on any atom is 0.188 e. The highest BCUT2D eigenvalue weighted by Crippen LogP contribution is 2.30. The topological polar surface area (TPSA) is 79.9 Å². The Morgan fingerprint density at radius 2 is 2.25 bits per heavy atom. The zero-order chi connectivity index (χ0) is 11.9. The molecule has 1 rings (SSSR count). The summed E-state index contributed by atoms with van der Waals surface area (Å²) in [5, 5.41) is 12.3. The zero-order valence-corrected chi connectivity index (χ0v) is 9.61. The van der Waals surface area contributed by atoms with Crippen LogP contribution in [0.2, 0.25) is 0 Å². The monoisotopic (exact) mass is 227 g/mol. The smallest absolute Gasteiger partial charge is 0.188 e. The number of hydrogen-bond acceptors (Lipinski definition) is 3. The van der Waals surface area contributed by atoms with Gasteiger partial charge in [0.15, 0.2) is 5.96 Å². The molecule has 1 fully saturated rings. The van der Waals surface area contributed by atoms with Crippen molar-refractivity contribution in [1.82, 2.24) is 5.32 Å². The second-order valence-electron chi connectivity index (χ2n) is 4.14. The molecule has 0 unspecified atom stereocenters. The normalized spacial score (nSPS) is 20.4. The maximum absolute atomic E-state index is 9.43. The fourth-order valence-corrected chi connectivity index (χ4v) is 1.66. The van der Waals surface area contributed by atoms with E-state index in [2.05, 4.69) is 16.9 Å². The number of aliphatic imine (C=N–C) groups is 1. The van der Waals surface area contributed by atoms with Crippen LogP contribution in [0.4, 0.5) is 0 Å². The largest absolute Gasteiger partial charge is 0.396 e. The van der Waals surface area contributed by atoms with Gasteiger partial charge >= 0.3 is 0 Å². The van der Waals surface area contributed by atoms with E-state index >= 15 is 0 Å². The van der Waals surface area contributed by atoms with Gasteiger partial charge in [0.25, 0.3) is 0 Å². The summed E-state index contributed by atoms with van der Waals surface area (Å²) in [5.41, 5.74) is 5.51. The number of nitrogens with two attached hydrogens (primary N) is 1. The summed E-state index contributed by atoms with van der Waals surface area (Å²) in [7, 11) is 0. The van der Waals surface area contributed by atoms with Crippen molar-refractivity contribution in [3.05, 3.63) is 12.7 Å². The lowest BCUT2D eigenvalue weighted by Crippen LogP contribution is -2.38. The first-order valence-electron chi connectivity index (χ1n) is 5.56. The van der Waals surface area contributed by atoms with Gasteiger partial charge in [0, 0.05) is 25.2 Å². The minimum absolute atomic E-state index is 0.134. The van der Waals surface area contributed by atoms with Crippen molar-refractivity contribution in [2.75, 3.05) is 32.9 Å². The minimum atomic E-state index is -0.154. The molecule has 16 heavy (non-hydrogen) atoms. The Kier molecular flexibility index (Phi) is 5.28. The number of nitrogens with one attached hydrogen (secondary N) is 1. The first kappa shape index (κ1) is 13.0. The third kappa shape index (κ3) is 3.83. The molecular weight excluding hydrogens is 206 g/mol. The van der Waals surface area contributed by atoms with Crippen LogP contribution in [-0.2, 0) is 4.74 Å². The van der Waals surface area contributed by atoms with E-state index in [9.17, 15) is 5.11 Å². The van der Waals surface area contributed by atoms with Crippen LogP contribution in [0.25, 0.3) is 0 Å². The predicted molar refractivity (Wildman–Crippen MR) is 64.3 cm³/mol. The van der Waals surface area contributed by atoms with E-state index in [1.54, 1.807) is 6.08 Å². The lowest BCUT2D eigenvalue weighted by Gasteiger charge is -2.34. The van der Waals surface area contributed by atoms with Gasteiger partial charge in [-0.1, -0.05) is 6.08 Å². The Morgan fingerprint density at radius 3 is 2.81 bits per heavy atom. The molecule has 0 aliphatic carbocycles. The average Bonchev–Trinajstić information content (AvgIpc) is 2.35. The number of hydrogen-bond donors (Lipinski definition) is 3. The highest BCUT2D eigenvalue weighted by molar-refractivity contribution is 5.77. The van der Waals surface area contributed by atoms with Crippen LogP contribution >= 0.6 is 0 Å². The first-order chi connectivity index (χ1) is 7.72. The van der Waals surface area contributed by atoms with Gasteiger partial charge in [0.05, 0.1) is 13.2 Å². The number of aliphatic hydroxyl groups is 1. The molecule has 1 saturated heterocycles. The zero-order valence-electron chi connectivity index (χ0n) is 9.61. The molecule has 0 aromatic carbocycles. The molecule has 0 aromatic heterocycles. The van der Waals surface area contributed by atoms with Crippen LogP contribution in [-0.4, -0.2) is 44.0 Å². The van der Waals surface area contributed by atoms with Crippen LogP contribution < -0.4 is 11.1 Å². The highest BCUT2D eigenvalue weighted by atomic mass is 16.5. The standard InChI is InChI=1S/C11H21N3O2/c1-2-5-13-10(12)14-8-11(9-15)3-6-16-7-4-11/h2,15H,1,3-9H2,(H3,12,13,14). The van der Waals surface area contributed by atoms with Crippen LogP contribution in [0.5, 0.6) is 0 Å². The van der Waals surface area contributed by atoms with Gasteiger partial charge in [-0.2, -0.15) is 0 Å². The Labute approximate surface area is 96.4 Å². The van der Waals surface area contributed by atoms with Crippen molar-refractivity contribution >= 4 is 5.96 Å². The summed E-state index contributed by atoms with van der Waals surface area (Å²) in [4.78, 5) is 4.25. The summed E-state index contributed by atoms with van der Waals surface area (Å²) in [5.74, 6) is 0.402. The quantitative estimate of drug-likeness (QED) is 0.347. The van der Waals surface area contributed by atoms with E-state index in [0.29, 0.717) is 32.3 Å². The molecule has 0 aromatic rings. The lowest BCUT2D eigenvalue weighted by atomic mass is 9.81. The molecule has 4 N–H and O–H groups in total. The fraction of sp³-hybridized carbons (Fsp3) is 0.727. The van der Waals surface area contributed by atoms with Gasteiger partial charge in [0.2, 0.25) is 0 Å². The SMILES string of the molecule is C=CCNC(N)=NCC1(CO)CCOCC1. The summed E-state index contributed by atoms with van der Waals surface area (Å²) >= 11 is 0.